The Balaban J connectivity index is 1.99. The molecule has 1 saturated heterocycles. The van der Waals surface area contributed by atoms with Crippen molar-refractivity contribution < 1.29 is 14.3 Å². The molecule has 20 heavy (non-hydrogen) atoms. The lowest BCUT2D eigenvalue weighted by Gasteiger charge is -2.19. The van der Waals surface area contributed by atoms with Crippen LogP contribution in [0.4, 0.5) is 0 Å². The van der Waals surface area contributed by atoms with E-state index in [9.17, 15) is 9.59 Å². The van der Waals surface area contributed by atoms with Crippen LogP contribution in [-0.2, 0) is 14.3 Å². The fraction of sp³-hybridized carbons (Fsp3) is 0.467. The molecule has 1 aromatic carbocycles. The first-order valence-electron chi connectivity index (χ1n) is 6.81. The molecular formula is C15H20N2O3. The van der Waals surface area contributed by atoms with Gasteiger partial charge in [-0.15, -0.1) is 0 Å². The van der Waals surface area contributed by atoms with Crippen molar-refractivity contribution in [2.24, 2.45) is 0 Å². The van der Waals surface area contributed by atoms with Crippen molar-refractivity contribution in [1.29, 1.82) is 0 Å². The third kappa shape index (κ3) is 3.17. The second-order valence-corrected chi connectivity index (χ2v) is 4.87. The summed E-state index contributed by atoms with van der Waals surface area (Å²) in [5.41, 5.74) is 0.809. The van der Waals surface area contributed by atoms with Crippen LogP contribution < -0.4 is 5.32 Å². The summed E-state index contributed by atoms with van der Waals surface area (Å²) in [6, 6.07) is 9.20. The summed E-state index contributed by atoms with van der Waals surface area (Å²) in [5.74, 6) is -0.110. The number of benzene rings is 1. The number of carbonyl (C=O) groups is 2. The van der Waals surface area contributed by atoms with Gasteiger partial charge in [0, 0.05) is 26.6 Å². The van der Waals surface area contributed by atoms with Crippen molar-refractivity contribution in [3.05, 3.63) is 35.9 Å². The lowest BCUT2D eigenvalue weighted by atomic mass is 10.1. The average Bonchev–Trinajstić information content (AvgIpc) is 2.80. The predicted molar refractivity (Wildman–Crippen MR) is 75.0 cm³/mol. The standard InChI is InChI=1S/C15H20N2O3/c1-3-17-10-12(9-13(17)18)16-15(19)14(20-2)11-7-5-4-6-8-11/h4-8,12,14H,3,9-10H2,1-2H3,(H,16,19). The molecule has 0 radical (unpaired) electrons. The van der Waals surface area contributed by atoms with Gasteiger partial charge in [0.25, 0.3) is 5.91 Å². The molecule has 0 spiro atoms. The third-order valence-corrected chi connectivity index (χ3v) is 3.52. The molecule has 5 heteroatoms. The smallest absolute Gasteiger partial charge is 0.254 e. The molecule has 1 aliphatic heterocycles. The molecule has 2 unspecified atom stereocenters. The summed E-state index contributed by atoms with van der Waals surface area (Å²) < 4.78 is 5.28. The van der Waals surface area contributed by atoms with Gasteiger partial charge in [-0.3, -0.25) is 9.59 Å². The molecule has 0 saturated carbocycles. The molecule has 0 aromatic heterocycles. The molecule has 2 atom stereocenters. The largest absolute Gasteiger partial charge is 0.367 e. The Kier molecular flexibility index (Phi) is 4.74. The number of amides is 2. The van der Waals surface area contributed by atoms with Gasteiger partial charge in [-0.25, -0.2) is 0 Å². The van der Waals surface area contributed by atoms with Gasteiger partial charge in [-0.1, -0.05) is 30.3 Å². The van der Waals surface area contributed by atoms with Crippen LogP contribution in [0.3, 0.4) is 0 Å². The summed E-state index contributed by atoms with van der Waals surface area (Å²) in [4.78, 5) is 25.7. The van der Waals surface area contributed by atoms with E-state index in [2.05, 4.69) is 5.32 Å². The minimum Gasteiger partial charge on any atom is -0.367 e. The van der Waals surface area contributed by atoms with Crippen molar-refractivity contribution in [3.63, 3.8) is 0 Å². The highest BCUT2D eigenvalue weighted by atomic mass is 16.5. The Labute approximate surface area is 118 Å². The van der Waals surface area contributed by atoms with E-state index in [0.717, 1.165) is 5.56 Å². The van der Waals surface area contributed by atoms with Crippen molar-refractivity contribution in [3.8, 4) is 0 Å². The van der Waals surface area contributed by atoms with Crippen LogP contribution in [0.5, 0.6) is 0 Å². The van der Waals surface area contributed by atoms with Crippen LogP contribution in [0, 0.1) is 0 Å². The molecule has 0 aliphatic carbocycles. The van der Waals surface area contributed by atoms with Gasteiger partial charge in [0.05, 0.1) is 6.04 Å². The van der Waals surface area contributed by atoms with Gasteiger partial charge in [0.2, 0.25) is 5.91 Å². The van der Waals surface area contributed by atoms with E-state index in [0.29, 0.717) is 19.5 Å². The zero-order valence-electron chi connectivity index (χ0n) is 11.8. The Morgan fingerprint density at radius 2 is 2.15 bits per heavy atom. The topological polar surface area (TPSA) is 58.6 Å². The predicted octanol–water partition coefficient (Wildman–Crippen LogP) is 1.11. The summed E-state index contributed by atoms with van der Waals surface area (Å²) in [7, 11) is 1.51. The first-order chi connectivity index (χ1) is 9.65. The lowest BCUT2D eigenvalue weighted by Crippen LogP contribution is -2.40. The van der Waals surface area contributed by atoms with Crippen LogP contribution in [0.2, 0.25) is 0 Å². The summed E-state index contributed by atoms with van der Waals surface area (Å²) in [6.45, 7) is 3.19. The van der Waals surface area contributed by atoms with Crippen molar-refractivity contribution in [2.45, 2.75) is 25.5 Å². The fourth-order valence-electron chi connectivity index (χ4n) is 2.47. The fourth-order valence-corrected chi connectivity index (χ4v) is 2.47. The van der Waals surface area contributed by atoms with Gasteiger partial charge in [-0.2, -0.15) is 0 Å². The van der Waals surface area contributed by atoms with Crippen LogP contribution in [-0.4, -0.2) is 43.0 Å². The number of methoxy groups -OCH3 is 1. The number of nitrogens with zero attached hydrogens (tertiary/aromatic N) is 1. The molecule has 1 aliphatic rings. The molecular weight excluding hydrogens is 256 g/mol. The van der Waals surface area contributed by atoms with E-state index in [1.54, 1.807) is 4.90 Å². The maximum absolute atomic E-state index is 12.3. The molecule has 108 valence electrons. The lowest BCUT2D eigenvalue weighted by molar-refractivity contribution is -0.132. The molecule has 1 heterocycles. The third-order valence-electron chi connectivity index (χ3n) is 3.52. The Bertz CT molecular complexity index is 475. The van der Waals surface area contributed by atoms with Crippen LogP contribution >= 0.6 is 0 Å². The number of nitrogens with one attached hydrogen (secondary N) is 1. The molecule has 5 nitrogen and oxygen atoms in total. The number of carbonyl (C=O) groups excluding carboxylic acids is 2. The zero-order valence-corrected chi connectivity index (χ0v) is 11.8. The highest BCUT2D eigenvalue weighted by Crippen LogP contribution is 2.18. The van der Waals surface area contributed by atoms with Gasteiger partial charge in [0.1, 0.15) is 0 Å². The quantitative estimate of drug-likeness (QED) is 0.876. The second-order valence-electron chi connectivity index (χ2n) is 4.87. The zero-order chi connectivity index (χ0) is 14.5. The van der Waals surface area contributed by atoms with Crippen LogP contribution in [0.1, 0.15) is 25.0 Å². The molecule has 2 amide bonds. The minimum absolute atomic E-state index is 0.0893. The molecule has 1 fully saturated rings. The Morgan fingerprint density at radius 1 is 1.45 bits per heavy atom. The number of likely N-dealkylation sites (N-methyl/N-ethyl adjacent to an activating group) is 1. The van der Waals surface area contributed by atoms with E-state index in [1.807, 2.05) is 37.3 Å². The SMILES string of the molecule is CCN1CC(NC(=O)C(OC)c2ccccc2)CC1=O. The summed E-state index contributed by atoms with van der Waals surface area (Å²) in [6.07, 6.45) is -0.271. The van der Waals surface area contributed by atoms with E-state index in [4.69, 9.17) is 4.74 Å². The van der Waals surface area contributed by atoms with E-state index in [1.165, 1.54) is 7.11 Å². The molecule has 2 rings (SSSR count). The Hall–Kier alpha value is -1.88. The highest BCUT2D eigenvalue weighted by Gasteiger charge is 2.31. The van der Waals surface area contributed by atoms with E-state index in [-0.39, 0.29) is 17.9 Å². The number of rotatable bonds is 5. The number of hydrogen-bond acceptors (Lipinski definition) is 3. The number of hydrogen-bond donors (Lipinski definition) is 1. The van der Waals surface area contributed by atoms with E-state index >= 15 is 0 Å². The molecule has 0 bridgehead atoms. The molecule has 1 N–H and O–H groups in total. The number of ether oxygens (including phenoxy) is 1. The van der Waals surface area contributed by atoms with Crippen molar-refractivity contribution in [1.82, 2.24) is 10.2 Å². The van der Waals surface area contributed by atoms with Crippen LogP contribution in [0.25, 0.3) is 0 Å². The first-order valence-corrected chi connectivity index (χ1v) is 6.81. The normalized spacial score (nSPS) is 20.0. The molecule has 1 aromatic rings. The first kappa shape index (κ1) is 14.5. The average molecular weight is 276 g/mol. The van der Waals surface area contributed by atoms with Gasteiger partial charge < -0.3 is 15.0 Å². The van der Waals surface area contributed by atoms with Gasteiger partial charge in [-0.05, 0) is 12.5 Å². The van der Waals surface area contributed by atoms with Gasteiger partial charge in [0.15, 0.2) is 6.10 Å². The second kappa shape index (κ2) is 6.52. The van der Waals surface area contributed by atoms with Crippen LogP contribution in [0.15, 0.2) is 30.3 Å². The maximum atomic E-state index is 12.3. The summed E-state index contributed by atoms with van der Waals surface area (Å²) in [5, 5.41) is 2.90. The maximum Gasteiger partial charge on any atom is 0.254 e. The highest BCUT2D eigenvalue weighted by molar-refractivity contribution is 5.85. The van der Waals surface area contributed by atoms with Gasteiger partial charge >= 0.3 is 0 Å². The number of likely N-dealkylation sites (tertiary alicyclic amines) is 1. The Morgan fingerprint density at radius 3 is 2.70 bits per heavy atom. The van der Waals surface area contributed by atoms with Crippen molar-refractivity contribution in [2.75, 3.05) is 20.2 Å². The summed E-state index contributed by atoms with van der Waals surface area (Å²) >= 11 is 0. The van der Waals surface area contributed by atoms with E-state index < -0.39 is 6.10 Å². The van der Waals surface area contributed by atoms with Crippen molar-refractivity contribution >= 4 is 11.8 Å². The monoisotopic (exact) mass is 276 g/mol. The minimum atomic E-state index is -0.637.